The third-order valence-corrected chi connectivity index (χ3v) is 6.53. The van der Waals surface area contributed by atoms with Gasteiger partial charge in [-0.3, -0.25) is 0 Å². The first-order valence-electron chi connectivity index (χ1n) is 7.03. The van der Waals surface area contributed by atoms with Crippen molar-refractivity contribution >= 4 is 24.4 Å². The van der Waals surface area contributed by atoms with Gasteiger partial charge in [-0.15, -0.1) is 0 Å². The number of hydrogen-bond acceptors (Lipinski definition) is 3. The van der Waals surface area contributed by atoms with Gasteiger partial charge >= 0.3 is 0 Å². The van der Waals surface area contributed by atoms with E-state index >= 15 is 0 Å². The lowest BCUT2D eigenvalue weighted by Gasteiger charge is -2.34. The van der Waals surface area contributed by atoms with Crippen molar-refractivity contribution in [3.8, 4) is 0 Å². The van der Waals surface area contributed by atoms with Crippen molar-refractivity contribution in [1.29, 1.82) is 0 Å². The summed E-state index contributed by atoms with van der Waals surface area (Å²) in [6.07, 6.45) is 7.00. The van der Waals surface area contributed by atoms with E-state index in [2.05, 4.69) is 43.1 Å². The third-order valence-electron chi connectivity index (χ3n) is 4.49. The topological polar surface area (TPSA) is 3.24 Å². The summed E-state index contributed by atoms with van der Waals surface area (Å²) in [6, 6.07) is 0. The van der Waals surface area contributed by atoms with E-state index in [0.29, 0.717) is 10.2 Å². The van der Waals surface area contributed by atoms with E-state index in [9.17, 15) is 0 Å². The number of nitrogens with zero attached hydrogens (tertiary/aromatic N) is 1. The molecule has 1 aliphatic heterocycles. The van der Waals surface area contributed by atoms with Crippen LogP contribution in [0.5, 0.6) is 0 Å². The first kappa shape index (κ1) is 14.1. The van der Waals surface area contributed by atoms with E-state index in [-0.39, 0.29) is 0 Å². The summed E-state index contributed by atoms with van der Waals surface area (Å²) in [5.74, 6) is 2.38. The predicted octanol–water partition coefficient (Wildman–Crippen LogP) is 3.69. The highest BCUT2D eigenvalue weighted by molar-refractivity contribution is 8.00. The Morgan fingerprint density at radius 3 is 2.47 bits per heavy atom. The van der Waals surface area contributed by atoms with Crippen molar-refractivity contribution in [1.82, 2.24) is 4.90 Å². The molecule has 0 unspecified atom stereocenters. The summed E-state index contributed by atoms with van der Waals surface area (Å²) in [7, 11) is 0. The average molecular weight is 274 g/mol. The maximum Gasteiger partial charge on any atom is 0.0116 e. The molecular weight excluding hydrogens is 246 g/mol. The molecule has 0 amide bonds. The monoisotopic (exact) mass is 273 g/mol. The second kappa shape index (κ2) is 5.75. The van der Waals surface area contributed by atoms with Crippen LogP contribution < -0.4 is 0 Å². The van der Waals surface area contributed by atoms with Crippen molar-refractivity contribution in [2.24, 2.45) is 5.41 Å². The van der Waals surface area contributed by atoms with E-state index in [1.807, 2.05) is 0 Å². The molecule has 2 rings (SSSR count). The number of thioether (sulfide) groups is 1. The van der Waals surface area contributed by atoms with Crippen LogP contribution in [0.4, 0.5) is 0 Å². The van der Waals surface area contributed by atoms with Gasteiger partial charge in [0.1, 0.15) is 0 Å². The molecule has 17 heavy (non-hydrogen) atoms. The third kappa shape index (κ3) is 3.81. The second-order valence-electron chi connectivity index (χ2n) is 6.50. The Morgan fingerprint density at radius 1 is 1.12 bits per heavy atom. The molecule has 0 radical (unpaired) electrons. The molecule has 0 aromatic carbocycles. The lowest BCUT2D eigenvalue weighted by Crippen LogP contribution is -2.39. The van der Waals surface area contributed by atoms with Crippen LogP contribution in [0.2, 0.25) is 0 Å². The normalized spacial score (nSPS) is 29.1. The van der Waals surface area contributed by atoms with E-state index in [1.165, 1.54) is 57.5 Å². The van der Waals surface area contributed by atoms with Gasteiger partial charge in [-0.25, -0.2) is 0 Å². The smallest absolute Gasteiger partial charge is 0.0116 e. The minimum absolute atomic E-state index is 0.485. The maximum atomic E-state index is 4.63. The summed E-state index contributed by atoms with van der Waals surface area (Å²) in [5.41, 5.74) is 0.544. The summed E-state index contributed by atoms with van der Waals surface area (Å²) < 4.78 is 0.485. The molecule has 2 fully saturated rings. The second-order valence-corrected chi connectivity index (χ2v) is 8.62. The molecule has 0 aromatic rings. The van der Waals surface area contributed by atoms with Gasteiger partial charge in [-0.1, -0.05) is 26.7 Å². The highest BCUT2D eigenvalue weighted by Crippen LogP contribution is 2.40. The van der Waals surface area contributed by atoms with Gasteiger partial charge in [0.2, 0.25) is 0 Å². The highest BCUT2D eigenvalue weighted by atomic mass is 32.2. The zero-order valence-corrected chi connectivity index (χ0v) is 13.1. The molecular formula is C14H27NS2. The molecule has 0 aromatic heterocycles. The Kier molecular flexibility index (Phi) is 4.76. The molecule has 1 saturated heterocycles. The van der Waals surface area contributed by atoms with Crippen molar-refractivity contribution in [2.75, 3.05) is 31.1 Å². The molecule has 0 N–H and O–H groups in total. The fraction of sp³-hybridized carbons (Fsp3) is 1.00. The molecule has 1 aliphatic carbocycles. The number of rotatable bonds is 3. The van der Waals surface area contributed by atoms with E-state index < -0.39 is 0 Å². The first-order chi connectivity index (χ1) is 8.05. The fourth-order valence-electron chi connectivity index (χ4n) is 3.19. The van der Waals surface area contributed by atoms with Gasteiger partial charge in [0.25, 0.3) is 0 Å². The zero-order chi connectivity index (χ0) is 12.4. The summed E-state index contributed by atoms with van der Waals surface area (Å²) in [5, 5.41) is 0. The van der Waals surface area contributed by atoms with E-state index in [4.69, 9.17) is 0 Å². The van der Waals surface area contributed by atoms with Crippen molar-refractivity contribution in [3.05, 3.63) is 0 Å². The van der Waals surface area contributed by atoms with Crippen LogP contribution in [0.1, 0.15) is 46.0 Å². The molecule has 0 spiro atoms. The quantitative estimate of drug-likeness (QED) is 0.781. The van der Waals surface area contributed by atoms with Gasteiger partial charge in [0.05, 0.1) is 0 Å². The van der Waals surface area contributed by atoms with Crippen molar-refractivity contribution < 1.29 is 0 Å². The van der Waals surface area contributed by atoms with Crippen molar-refractivity contribution in [2.45, 2.75) is 50.7 Å². The van der Waals surface area contributed by atoms with Crippen LogP contribution in [-0.4, -0.2) is 40.8 Å². The van der Waals surface area contributed by atoms with Crippen molar-refractivity contribution in [3.63, 3.8) is 0 Å². The van der Waals surface area contributed by atoms with Gasteiger partial charge in [0.15, 0.2) is 0 Å². The van der Waals surface area contributed by atoms with Crippen LogP contribution in [-0.2, 0) is 0 Å². The molecule has 1 heterocycles. The fourth-order valence-corrected chi connectivity index (χ4v) is 4.74. The minimum atomic E-state index is 0.485. The standard InChI is InChI=1S/C14H27NS2/c1-13(2)7-8-15(9-10-17-13)11-14(12-16)5-3-4-6-14/h16H,3-12H2,1-2H3. The molecule has 100 valence electrons. The number of hydrogen-bond donors (Lipinski definition) is 1. The maximum absolute atomic E-state index is 4.63. The predicted molar refractivity (Wildman–Crippen MR) is 82.3 cm³/mol. The Bertz CT molecular complexity index is 247. The molecule has 0 atom stereocenters. The molecule has 3 heteroatoms. The van der Waals surface area contributed by atoms with Gasteiger partial charge in [0, 0.05) is 23.6 Å². The molecule has 1 saturated carbocycles. The van der Waals surface area contributed by atoms with Crippen LogP contribution in [0.15, 0.2) is 0 Å². The van der Waals surface area contributed by atoms with Gasteiger partial charge in [-0.2, -0.15) is 24.4 Å². The minimum Gasteiger partial charge on any atom is -0.302 e. The van der Waals surface area contributed by atoms with Gasteiger partial charge < -0.3 is 4.90 Å². The molecule has 0 bridgehead atoms. The Hall–Kier alpha value is 0.660. The molecule has 1 nitrogen and oxygen atoms in total. The molecule has 2 aliphatic rings. The Morgan fingerprint density at radius 2 is 1.82 bits per heavy atom. The Labute approximate surface area is 117 Å². The highest BCUT2D eigenvalue weighted by Gasteiger charge is 2.35. The van der Waals surface area contributed by atoms with Crippen LogP contribution >= 0.6 is 24.4 Å². The summed E-state index contributed by atoms with van der Waals surface area (Å²) >= 11 is 6.78. The lowest BCUT2D eigenvalue weighted by molar-refractivity contribution is 0.177. The number of thiol groups is 1. The zero-order valence-electron chi connectivity index (χ0n) is 11.4. The van der Waals surface area contributed by atoms with E-state index in [0.717, 1.165) is 5.75 Å². The Balaban J connectivity index is 1.90. The average Bonchev–Trinajstić information content (AvgIpc) is 2.68. The summed E-state index contributed by atoms with van der Waals surface area (Å²) in [6.45, 7) is 8.66. The largest absolute Gasteiger partial charge is 0.302 e. The summed E-state index contributed by atoms with van der Waals surface area (Å²) in [4.78, 5) is 2.71. The van der Waals surface area contributed by atoms with Crippen LogP contribution in [0, 0.1) is 5.41 Å². The van der Waals surface area contributed by atoms with Crippen LogP contribution in [0.3, 0.4) is 0 Å². The van der Waals surface area contributed by atoms with E-state index in [1.54, 1.807) is 0 Å². The van der Waals surface area contributed by atoms with Gasteiger partial charge in [-0.05, 0) is 37.0 Å². The SMILES string of the molecule is CC1(C)CCN(CC2(CS)CCCC2)CCS1. The lowest BCUT2D eigenvalue weighted by atomic mass is 9.87. The van der Waals surface area contributed by atoms with Crippen LogP contribution in [0.25, 0.3) is 0 Å². The first-order valence-corrected chi connectivity index (χ1v) is 8.64.